The van der Waals surface area contributed by atoms with E-state index in [1.165, 1.54) is 6.07 Å². The second-order valence-electron chi connectivity index (χ2n) is 7.64. The van der Waals surface area contributed by atoms with Gasteiger partial charge >= 0.3 is 5.97 Å². The summed E-state index contributed by atoms with van der Waals surface area (Å²) >= 11 is 0. The normalized spacial score (nSPS) is 13.1. The van der Waals surface area contributed by atoms with E-state index in [-0.39, 0.29) is 11.6 Å². The van der Waals surface area contributed by atoms with Crippen molar-refractivity contribution >= 4 is 28.5 Å². The van der Waals surface area contributed by atoms with Crippen molar-refractivity contribution in [2.75, 3.05) is 18.4 Å². The number of fused-ring (bicyclic) bond motifs is 2. The van der Waals surface area contributed by atoms with Crippen molar-refractivity contribution < 1.29 is 19.2 Å². The van der Waals surface area contributed by atoms with Crippen molar-refractivity contribution in [3.05, 3.63) is 59.4 Å². The molecule has 0 saturated heterocycles. The van der Waals surface area contributed by atoms with Crippen LogP contribution >= 0.6 is 0 Å². The Kier molecular flexibility index (Phi) is 4.62. The Bertz CT molecular complexity index is 1370. The van der Waals surface area contributed by atoms with Gasteiger partial charge in [-0.25, -0.2) is 9.78 Å². The largest absolute Gasteiger partial charge is 0.477 e. The van der Waals surface area contributed by atoms with Crippen LogP contribution in [0.1, 0.15) is 32.4 Å². The molecule has 0 atom stereocenters. The van der Waals surface area contributed by atoms with Gasteiger partial charge in [-0.2, -0.15) is 4.98 Å². The van der Waals surface area contributed by atoms with Gasteiger partial charge in [-0.3, -0.25) is 4.79 Å². The van der Waals surface area contributed by atoms with Crippen molar-refractivity contribution in [2.45, 2.75) is 13.5 Å². The number of pyridine rings is 1. The van der Waals surface area contributed by atoms with Crippen LogP contribution in [0.25, 0.3) is 22.2 Å². The number of amides is 1. The number of aryl methyl sites for hydroxylation is 1. The van der Waals surface area contributed by atoms with E-state index in [2.05, 4.69) is 20.4 Å². The molecule has 1 aliphatic heterocycles. The van der Waals surface area contributed by atoms with E-state index in [1.807, 2.05) is 24.3 Å². The molecule has 1 aliphatic rings. The Morgan fingerprint density at radius 2 is 2.12 bits per heavy atom. The lowest BCUT2D eigenvalue weighted by atomic mass is 10.1. The van der Waals surface area contributed by atoms with Crippen LogP contribution in [-0.2, 0) is 13.6 Å². The minimum absolute atomic E-state index is 0.119. The first kappa shape index (κ1) is 19.7. The van der Waals surface area contributed by atoms with Crippen LogP contribution < -0.4 is 5.32 Å². The molecular formula is C22H20N6O4. The first-order valence-electron chi connectivity index (χ1n) is 10.1. The van der Waals surface area contributed by atoms with Gasteiger partial charge < -0.3 is 24.4 Å². The minimum atomic E-state index is -1.04. The van der Waals surface area contributed by atoms with Crippen molar-refractivity contribution in [1.29, 1.82) is 0 Å². The second-order valence-corrected chi connectivity index (χ2v) is 7.64. The Balaban J connectivity index is 1.31. The number of aromatic nitrogens is 4. The highest BCUT2D eigenvalue weighted by Gasteiger charge is 2.32. The summed E-state index contributed by atoms with van der Waals surface area (Å²) in [6, 6.07) is 9.23. The van der Waals surface area contributed by atoms with Gasteiger partial charge in [-0.05, 0) is 23.6 Å². The number of carboxylic acid groups (broad SMARTS) is 1. The molecule has 162 valence electrons. The summed E-state index contributed by atoms with van der Waals surface area (Å²) in [5.74, 6) is 0.504. The van der Waals surface area contributed by atoms with E-state index in [0.29, 0.717) is 42.7 Å². The zero-order chi connectivity index (χ0) is 22.4. The average molecular weight is 432 g/mol. The smallest absolute Gasteiger partial charge is 0.352 e. The summed E-state index contributed by atoms with van der Waals surface area (Å²) in [5.41, 5.74) is 2.11. The van der Waals surface area contributed by atoms with E-state index < -0.39 is 5.97 Å². The molecule has 3 aromatic heterocycles. The lowest BCUT2D eigenvalue weighted by Crippen LogP contribution is -2.30. The van der Waals surface area contributed by atoms with Crippen LogP contribution in [0, 0.1) is 6.92 Å². The molecule has 32 heavy (non-hydrogen) atoms. The maximum Gasteiger partial charge on any atom is 0.352 e. The molecule has 5 rings (SSSR count). The van der Waals surface area contributed by atoms with E-state index in [4.69, 9.17) is 4.52 Å². The fourth-order valence-corrected chi connectivity index (χ4v) is 4.00. The van der Waals surface area contributed by atoms with Gasteiger partial charge in [-0.15, -0.1) is 0 Å². The van der Waals surface area contributed by atoms with Crippen molar-refractivity contribution in [2.24, 2.45) is 7.05 Å². The average Bonchev–Trinajstić information content (AvgIpc) is 3.44. The Morgan fingerprint density at radius 1 is 1.28 bits per heavy atom. The second kappa shape index (κ2) is 7.49. The van der Waals surface area contributed by atoms with Crippen LogP contribution in [0.3, 0.4) is 0 Å². The highest BCUT2D eigenvalue weighted by Crippen LogP contribution is 2.28. The predicted octanol–water partition coefficient (Wildman–Crippen LogP) is 2.70. The summed E-state index contributed by atoms with van der Waals surface area (Å²) in [6.45, 7) is 3.07. The summed E-state index contributed by atoms with van der Waals surface area (Å²) in [6.07, 6.45) is 1.73. The predicted molar refractivity (Wildman–Crippen MR) is 115 cm³/mol. The van der Waals surface area contributed by atoms with Crippen molar-refractivity contribution in [3.8, 4) is 11.4 Å². The Labute approximate surface area is 182 Å². The first-order chi connectivity index (χ1) is 15.4. The number of benzene rings is 1. The van der Waals surface area contributed by atoms with Crippen LogP contribution in [0.2, 0.25) is 0 Å². The van der Waals surface area contributed by atoms with Crippen molar-refractivity contribution in [1.82, 2.24) is 24.6 Å². The fourth-order valence-electron chi connectivity index (χ4n) is 4.00. The van der Waals surface area contributed by atoms with Gasteiger partial charge in [0, 0.05) is 44.2 Å². The molecule has 4 heterocycles. The number of carbonyl (C=O) groups is 2. The molecule has 2 N–H and O–H groups in total. The quantitative estimate of drug-likeness (QED) is 0.476. The summed E-state index contributed by atoms with van der Waals surface area (Å²) in [5, 5.41) is 18.5. The Morgan fingerprint density at radius 3 is 2.84 bits per heavy atom. The molecule has 10 heteroatoms. The maximum atomic E-state index is 12.7. The van der Waals surface area contributed by atoms with Crippen LogP contribution in [0.4, 0.5) is 5.82 Å². The first-order valence-corrected chi connectivity index (χ1v) is 10.1. The van der Waals surface area contributed by atoms with Crippen LogP contribution in [0.15, 0.2) is 41.1 Å². The number of anilines is 1. The number of carboxylic acids is 1. The third kappa shape index (κ3) is 3.25. The number of aromatic carboxylic acids is 1. The summed E-state index contributed by atoms with van der Waals surface area (Å²) < 4.78 is 6.64. The number of hydrogen-bond donors (Lipinski definition) is 2. The molecule has 1 amide bonds. The number of hydrogen-bond acceptors (Lipinski definition) is 7. The lowest BCUT2D eigenvalue weighted by Gasteiger charge is -2.17. The Hall–Kier alpha value is -4.21. The lowest BCUT2D eigenvalue weighted by molar-refractivity contribution is 0.0686. The zero-order valence-corrected chi connectivity index (χ0v) is 17.5. The molecule has 0 fully saturated rings. The minimum Gasteiger partial charge on any atom is -0.477 e. The van der Waals surface area contributed by atoms with E-state index >= 15 is 0 Å². The van der Waals surface area contributed by atoms with Crippen molar-refractivity contribution in [3.63, 3.8) is 0 Å². The number of carbonyl (C=O) groups excluding carboxylic acids is 1. The third-order valence-corrected chi connectivity index (χ3v) is 5.66. The van der Waals surface area contributed by atoms with Crippen LogP contribution in [0.5, 0.6) is 0 Å². The molecule has 0 aliphatic carbocycles. The number of nitrogens with zero attached hydrogens (tertiary/aromatic N) is 5. The van der Waals surface area contributed by atoms with Gasteiger partial charge in [0.2, 0.25) is 11.7 Å². The zero-order valence-electron chi connectivity index (χ0n) is 17.5. The molecule has 0 radical (unpaired) electrons. The van der Waals surface area contributed by atoms with Gasteiger partial charge in [0.25, 0.3) is 5.91 Å². The fraction of sp³-hybridized carbons (Fsp3) is 0.227. The highest BCUT2D eigenvalue weighted by atomic mass is 16.5. The maximum absolute atomic E-state index is 12.7. The monoisotopic (exact) mass is 432 g/mol. The molecule has 1 aromatic carbocycles. The molecule has 0 unspecified atom stereocenters. The molecule has 0 spiro atoms. The van der Waals surface area contributed by atoms with Gasteiger partial charge in [0.15, 0.2) is 0 Å². The SMILES string of the molecule is Cc1nc(-c2ccc3ccnc(NCCN4Cc5c(cc(C(=O)O)n5C)C4=O)c3c2)no1. The highest BCUT2D eigenvalue weighted by molar-refractivity contribution is 6.01. The van der Waals surface area contributed by atoms with Gasteiger partial charge in [0.05, 0.1) is 17.8 Å². The standard InChI is InChI=1S/C22H20N6O4/c1-12-25-19(26-32-12)14-4-3-13-5-6-23-20(15(13)9-14)24-7-8-28-11-18-16(21(28)29)10-17(22(30)31)27(18)2/h3-6,9-10H,7-8,11H2,1-2H3,(H,23,24)(H,30,31). The third-order valence-electron chi connectivity index (χ3n) is 5.66. The van der Waals surface area contributed by atoms with E-state index in [9.17, 15) is 14.7 Å². The van der Waals surface area contributed by atoms with Gasteiger partial charge in [-0.1, -0.05) is 17.3 Å². The van der Waals surface area contributed by atoms with E-state index in [1.54, 1.807) is 29.6 Å². The molecular weight excluding hydrogens is 412 g/mol. The summed E-state index contributed by atoms with van der Waals surface area (Å²) in [4.78, 5) is 34.4. The topological polar surface area (TPSA) is 126 Å². The molecule has 0 bridgehead atoms. The van der Waals surface area contributed by atoms with Gasteiger partial charge in [0.1, 0.15) is 11.5 Å². The summed E-state index contributed by atoms with van der Waals surface area (Å²) in [7, 11) is 1.67. The molecule has 10 nitrogen and oxygen atoms in total. The van der Waals surface area contributed by atoms with E-state index in [0.717, 1.165) is 22.0 Å². The number of nitrogens with one attached hydrogen (secondary N) is 1. The molecule has 4 aromatic rings. The van der Waals surface area contributed by atoms with Crippen LogP contribution in [-0.4, -0.2) is 54.7 Å². The molecule has 0 saturated carbocycles. The number of rotatable bonds is 6.